The molecule has 1 atom stereocenters. The molecule has 2 aromatic rings. The summed E-state index contributed by atoms with van der Waals surface area (Å²) in [6.45, 7) is 5.20. The van der Waals surface area contributed by atoms with Gasteiger partial charge in [-0.2, -0.15) is 4.98 Å². The molecule has 1 saturated heterocycles. The summed E-state index contributed by atoms with van der Waals surface area (Å²) in [5.41, 5.74) is 1.80. The Hall–Kier alpha value is -1.62. The van der Waals surface area contributed by atoms with Crippen molar-refractivity contribution in [1.29, 1.82) is 0 Å². The number of hydrogen-bond donors (Lipinski definition) is 2. The van der Waals surface area contributed by atoms with Crippen LogP contribution in [0.1, 0.15) is 6.92 Å². The molecule has 2 N–H and O–H groups in total. The van der Waals surface area contributed by atoms with Crippen LogP contribution in [-0.4, -0.2) is 40.6 Å². The summed E-state index contributed by atoms with van der Waals surface area (Å²) < 4.78 is 0. The molecule has 1 aliphatic heterocycles. The first kappa shape index (κ1) is 9.59. The molecule has 5 heteroatoms. The van der Waals surface area contributed by atoms with Crippen molar-refractivity contribution in [2.75, 3.05) is 24.5 Å². The minimum atomic E-state index is 0.467. The Morgan fingerprint density at radius 3 is 3.25 bits per heavy atom. The fourth-order valence-corrected chi connectivity index (χ4v) is 2.12. The van der Waals surface area contributed by atoms with E-state index in [1.54, 1.807) is 6.20 Å². The number of piperazine rings is 1. The largest absolute Gasteiger partial charge is 0.337 e. The van der Waals surface area contributed by atoms with Crippen LogP contribution in [0.2, 0.25) is 0 Å². The summed E-state index contributed by atoms with van der Waals surface area (Å²) in [5.74, 6) is 0.933. The zero-order chi connectivity index (χ0) is 11.0. The lowest BCUT2D eigenvalue weighted by atomic mass is 10.2. The van der Waals surface area contributed by atoms with Crippen LogP contribution >= 0.6 is 0 Å². The quantitative estimate of drug-likeness (QED) is 0.740. The highest BCUT2D eigenvalue weighted by atomic mass is 15.3. The number of fused-ring (bicyclic) bond motifs is 1. The molecule has 16 heavy (non-hydrogen) atoms. The van der Waals surface area contributed by atoms with Crippen molar-refractivity contribution < 1.29 is 0 Å². The van der Waals surface area contributed by atoms with E-state index in [1.165, 1.54) is 0 Å². The average molecular weight is 217 g/mol. The fourth-order valence-electron chi connectivity index (χ4n) is 2.12. The lowest BCUT2D eigenvalue weighted by Crippen LogP contribution is -2.50. The first-order valence-electron chi connectivity index (χ1n) is 5.63. The third-order valence-electron chi connectivity index (χ3n) is 3.02. The number of hydrogen-bond acceptors (Lipinski definition) is 4. The van der Waals surface area contributed by atoms with E-state index >= 15 is 0 Å². The summed E-state index contributed by atoms with van der Waals surface area (Å²) >= 11 is 0. The molecule has 5 nitrogen and oxygen atoms in total. The summed E-state index contributed by atoms with van der Waals surface area (Å²) in [6.07, 6.45) is 1.77. The van der Waals surface area contributed by atoms with Crippen molar-refractivity contribution in [3.8, 4) is 0 Å². The third kappa shape index (κ3) is 1.53. The molecule has 3 heterocycles. The Bertz CT molecular complexity index is 459. The smallest absolute Gasteiger partial charge is 0.205 e. The molecule has 84 valence electrons. The van der Waals surface area contributed by atoms with E-state index < -0.39 is 0 Å². The zero-order valence-corrected chi connectivity index (χ0v) is 9.27. The van der Waals surface area contributed by atoms with E-state index in [-0.39, 0.29) is 0 Å². The van der Waals surface area contributed by atoms with Crippen LogP contribution in [0.3, 0.4) is 0 Å². The standard InChI is InChI=1S/C11H15N5/c1-8-7-12-5-6-16(8)11-14-9-3-2-4-13-10(9)15-11/h2-4,8,12H,5-7H2,1H3,(H,13,14,15)/t8-/m1/s1. The van der Waals surface area contributed by atoms with Gasteiger partial charge in [0.25, 0.3) is 0 Å². The highest BCUT2D eigenvalue weighted by Crippen LogP contribution is 2.17. The van der Waals surface area contributed by atoms with Gasteiger partial charge in [0.15, 0.2) is 5.65 Å². The van der Waals surface area contributed by atoms with Gasteiger partial charge in [0.05, 0.1) is 5.52 Å². The summed E-state index contributed by atoms with van der Waals surface area (Å²) in [5, 5.41) is 3.37. The molecule has 0 radical (unpaired) electrons. The maximum absolute atomic E-state index is 4.52. The molecular formula is C11H15N5. The van der Waals surface area contributed by atoms with Gasteiger partial charge < -0.3 is 15.2 Å². The molecule has 3 rings (SSSR count). The van der Waals surface area contributed by atoms with Crippen molar-refractivity contribution >= 4 is 17.1 Å². The molecule has 0 bridgehead atoms. The second kappa shape index (κ2) is 3.75. The van der Waals surface area contributed by atoms with E-state index in [2.05, 4.69) is 32.1 Å². The number of nitrogens with zero attached hydrogens (tertiary/aromatic N) is 3. The molecule has 0 spiro atoms. The maximum Gasteiger partial charge on any atom is 0.205 e. The first-order valence-corrected chi connectivity index (χ1v) is 5.63. The van der Waals surface area contributed by atoms with Crippen LogP contribution in [0.4, 0.5) is 5.95 Å². The number of nitrogens with one attached hydrogen (secondary N) is 2. The van der Waals surface area contributed by atoms with Gasteiger partial charge in [0, 0.05) is 31.9 Å². The van der Waals surface area contributed by atoms with E-state index in [9.17, 15) is 0 Å². The number of aromatic nitrogens is 3. The number of rotatable bonds is 1. The van der Waals surface area contributed by atoms with Gasteiger partial charge in [0.1, 0.15) is 0 Å². The Labute approximate surface area is 93.9 Å². The van der Waals surface area contributed by atoms with Crippen LogP contribution < -0.4 is 10.2 Å². The van der Waals surface area contributed by atoms with Gasteiger partial charge in [0.2, 0.25) is 5.95 Å². The highest BCUT2D eigenvalue weighted by Gasteiger charge is 2.20. The Morgan fingerprint density at radius 1 is 1.50 bits per heavy atom. The number of anilines is 1. The Kier molecular flexibility index (Phi) is 2.25. The van der Waals surface area contributed by atoms with Crippen LogP contribution in [0, 0.1) is 0 Å². The molecule has 0 unspecified atom stereocenters. The molecule has 1 aliphatic rings. The van der Waals surface area contributed by atoms with E-state index in [1.807, 2.05) is 12.1 Å². The van der Waals surface area contributed by atoms with E-state index in [4.69, 9.17) is 0 Å². The molecule has 0 aromatic carbocycles. The SMILES string of the molecule is C[C@@H]1CNCCN1c1nc2ncccc2[nH]1. The van der Waals surface area contributed by atoms with Crippen molar-refractivity contribution in [1.82, 2.24) is 20.3 Å². The summed E-state index contributed by atoms with van der Waals surface area (Å²) in [7, 11) is 0. The van der Waals surface area contributed by atoms with Gasteiger partial charge in [-0.25, -0.2) is 4.98 Å². The zero-order valence-electron chi connectivity index (χ0n) is 9.27. The average Bonchev–Trinajstić information content (AvgIpc) is 2.73. The third-order valence-corrected chi connectivity index (χ3v) is 3.02. The van der Waals surface area contributed by atoms with Crippen LogP contribution in [0.5, 0.6) is 0 Å². The summed E-state index contributed by atoms with van der Waals surface area (Å²) in [6, 6.07) is 4.39. The maximum atomic E-state index is 4.52. The lowest BCUT2D eigenvalue weighted by Gasteiger charge is -2.33. The number of aromatic amines is 1. The molecule has 2 aromatic heterocycles. The monoisotopic (exact) mass is 217 g/mol. The van der Waals surface area contributed by atoms with Crippen LogP contribution in [-0.2, 0) is 0 Å². The van der Waals surface area contributed by atoms with Gasteiger partial charge in [-0.3, -0.25) is 0 Å². The van der Waals surface area contributed by atoms with Gasteiger partial charge >= 0.3 is 0 Å². The molecule has 1 fully saturated rings. The number of imidazole rings is 1. The second-order valence-electron chi connectivity index (χ2n) is 4.18. The topological polar surface area (TPSA) is 56.8 Å². The van der Waals surface area contributed by atoms with Crippen molar-refractivity contribution in [2.24, 2.45) is 0 Å². The highest BCUT2D eigenvalue weighted by molar-refractivity contribution is 5.73. The number of pyridine rings is 1. The van der Waals surface area contributed by atoms with Crippen molar-refractivity contribution in [2.45, 2.75) is 13.0 Å². The predicted octanol–water partition coefficient (Wildman–Crippen LogP) is 0.756. The second-order valence-corrected chi connectivity index (χ2v) is 4.18. The Morgan fingerprint density at radius 2 is 2.44 bits per heavy atom. The predicted molar refractivity (Wildman–Crippen MR) is 63.6 cm³/mol. The van der Waals surface area contributed by atoms with Gasteiger partial charge in [-0.05, 0) is 19.1 Å². The first-order chi connectivity index (χ1) is 7.84. The number of H-pyrrole nitrogens is 1. The molecule has 0 aliphatic carbocycles. The van der Waals surface area contributed by atoms with Crippen molar-refractivity contribution in [3.63, 3.8) is 0 Å². The van der Waals surface area contributed by atoms with Crippen LogP contribution in [0.15, 0.2) is 18.3 Å². The lowest BCUT2D eigenvalue weighted by molar-refractivity contribution is 0.494. The van der Waals surface area contributed by atoms with E-state index in [0.29, 0.717) is 6.04 Å². The van der Waals surface area contributed by atoms with E-state index in [0.717, 1.165) is 36.7 Å². The van der Waals surface area contributed by atoms with Crippen molar-refractivity contribution in [3.05, 3.63) is 18.3 Å². The van der Waals surface area contributed by atoms with Crippen LogP contribution in [0.25, 0.3) is 11.2 Å². The molecule has 0 saturated carbocycles. The van der Waals surface area contributed by atoms with Gasteiger partial charge in [-0.1, -0.05) is 0 Å². The normalized spacial score (nSPS) is 21.6. The minimum absolute atomic E-state index is 0.467. The van der Waals surface area contributed by atoms with Gasteiger partial charge in [-0.15, -0.1) is 0 Å². The Balaban J connectivity index is 1.98. The summed E-state index contributed by atoms with van der Waals surface area (Å²) in [4.78, 5) is 14.4. The minimum Gasteiger partial charge on any atom is -0.337 e. The molecular weight excluding hydrogens is 202 g/mol. The molecule has 0 amide bonds. The fraction of sp³-hybridized carbons (Fsp3) is 0.455.